The zero-order valence-electron chi connectivity index (χ0n) is 24.0. The number of hydrogen-bond acceptors (Lipinski definition) is 7. The first-order chi connectivity index (χ1) is 20.9. The highest BCUT2D eigenvalue weighted by Gasteiger charge is 2.49. The van der Waals surface area contributed by atoms with Gasteiger partial charge in [0, 0.05) is 59.1 Å². The van der Waals surface area contributed by atoms with E-state index in [4.69, 9.17) is 4.74 Å². The number of methoxy groups -OCH3 is 1. The summed E-state index contributed by atoms with van der Waals surface area (Å²) in [6.07, 6.45) is 4.12. The number of rotatable bonds is 4. The lowest BCUT2D eigenvalue weighted by atomic mass is 9.70. The first kappa shape index (κ1) is 26.4. The molecule has 1 amide bonds. The molecule has 0 saturated carbocycles. The number of amides is 1. The van der Waals surface area contributed by atoms with E-state index in [1.54, 1.807) is 25.3 Å². The third-order valence-corrected chi connectivity index (χ3v) is 10.3. The predicted molar refractivity (Wildman–Crippen MR) is 163 cm³/mol. The van der Waals surface area contributed by atoms with Gasteiger partial charge >= 0.3 is 0 Å². The molecule has 2 bridgehead atoms. The van der Waals surface area contributed by atoms with Crippen LogP contribution in [0.1, 0.15) is 53.7 Å². The number of nitrogens with one attached hydrogen (secondary N) is 2. The van der Waals surface area contributed by atoms with Crippen LogP contribution in [0.4, 0.5) is 11.4 Å². The monoisotopic (exact) mass is 580 g/mol. The minimum atomic E-state index is -0.386. The van der Waals surface area contributed by atoms with Crippen molar-refractivity contribution in [3.63, 3.8) is 0 Å². The molecule has 3 N–H and O–H groups in total. The van der Waals surface area contributed by atoms with E-state index in [-0.39, 0.29) is 52.2 Å². The van der Waals surface area contributed by atoms with E-state index in [9.17, 15) is 20.0 Å². The summed E-state index contributed by atoms with van der Waals surface area (Å²) in [5, 5.41) is 25.9. The Bertz CT molecular complexity index is 1810. The Hall–Kier alpha value is -4.28. The van der Waals surface area contributed by atoms with E-state index in [0.717, 1.165) is 65.0 Å². The first-order valence-corrected chi connectivity index (χ1v) is 15.1. The van der Waals surface area contributed by atoms with Crippen molar-refractivity contribution in [1.29, 1.82) is 0 Å². The van der Waals surface area contributed by atoms with Gasteiger partial charge in [-0.15, -0.1) is 0 Å². The molecule has 8 rings (SSSR count). The van der Waals surface area contributed by atoms with Crippen molar-refractivity contribution in [2.24, 2.45) is 11.8 Å². The molecule has 0 radical (unpaired) electrons. The Kier molecular flexibility index (Phi) is 6.06. The van der Waals surface area contributed by atoms with Crippen LogP contribution in [0.25, 0.3) is 10.9 Å². The summed E-state index contributed by atoms with van der Waals surface area (Å²) < 4.78 is 7.37. The number of piperidine rings is 1. The Labute approximate surface area is 248 Å². The summed E-state index contributed by atoms with van der Waals surface area (Å²) in [5.41, 5.74) is 6.38. The number of H-pyrrole nitrogens is 1. The zero-order chi connectivity index (χ0) is 29.4. The quantitative estimate of drug-likeness (QED) is 0.306. The lowest BCUT2D eigenvalue weighted by Crippen LogP contribution is -2.61. The van der Waals surface area contributed by atoms with Crippen LogP contribution in [-0.2, 0) is 24.2 Å². The summed E-state index contributed by atoms with van der Waals surface area (Å²) >= 11 is 0. The van der Waals surface area contributed by atoms with Crippen molar-refractivity contribution in [3.8, 4) is 5.75 Å². The number of benzene rings is 2. The van der Waals surface area contributed by atoms with Gasteiger partial charge in [-0.2, -0.15) is 0 Å². The van der Waals surface area contributed by atoms with Gasteiger partial charge in [0.1, 0.15) is 5.75 Å². The smallest absolute Gasteiger partial charge is 0.250 e. The second-order valence-electron chi connectivity index (χ2n) is 12.5. The average Bonchev–Trinajstić information content (AvgIpc) is 3.39. The number of carbonyl (C=O) groups is 1. The molecule has 0 spiro atoms. The highest BCUT2D eigenvalue weighted by Crippen LogP contribution is 2.48. The lowest BCUT2D eigenvalue weighted by Gasteiger charge is -2.54. The summed E-state index contributed by atoms with van der Waals surface area (Å²) in [7, 11) is 1.67. The van der Waals surface area contributed by atoms with E-state index in [1.165, 1.54) is 5.56 Å². The summed E-state index contributed by atoms with van der Waals surface area (Å²) in [4.78, 5) is 33.2. The molecule has 4 aromatic rings. The van der Waals surface area contributed by atoms with Crippen LogP contribution in [0, 0.1) is 17.0 Å². The number of pyridine rings is 1. The van der Waals surface area contributed by atoms with Crippen molar-refractivity contribution in [2.45, 2.75) is 56.7 Å². The Morgan fingerprint density at radius 3 is 2.88 bits per heavy atom. The molecule has 3 aliphatic heterocycles. The molecule has 10 heteroatoms. The van der Waals surface area contributed by atoms with E-state index >= 15 is 0 Å². The molecular formula is C33H34N5O5-. The molecule has 2 aromatic carbocycles. The number of fused-ring (bicyclic) bond motifs is 11. The van der Waals surface area contributed by atoms with Gasteiger partial charge in [0.25, 0.3) is 5.56 Å². The largest absolute Gasteiger partial charge is 0.733 e. The second-order valence-corrected chi connectivity index (χ2v) is 12.5. The molecule has 2 aromatic heterocycles. The number of aryl methyl sites for hydroxylation is 1. The van der Waals surface area contributed by atoms with Crippen LogP contribution in [0.3, 0.4) is 0 Å². The van der Waals surface area contributed by atoms with Gasteiger partial charge in [-0.3, -0.25) is 14.8 Å². The van der Waals surface area contributed by atoms with Crippen LogP contribution >= 0.6 is 0 Å². The molecule has 222 valence electrons. The van der Waals surface area contributed by atoms with E-state index < -0.39 is 0 Å². The maximum Gasteiger partial charge on any atom is 0.250 e. The minimum Gasteiger partial charge on any atom is -0.733 e. The van der Waals surface area contributed by atoms with Crippen LogP contribution in [-0.4, -0.2) is 40.4 Å². The standard InChI is InChI=1S/C33H34N5O5/c1-43-22-9-10-26-24(15-22)23-4-2-5-27(31(23)34-26)35-33(40)25-14-18-13-21(38(41)42)8-11-29(18)37-16-19-12-20(32(25)37)17-36-28(19)6-3-7-30(36)39/h3,6-11,13,15,19-20,25,27,32,34,41H,2,4-5,12,14,16-17H2,1H3,(H,35,40)/q-1/t19?,20?,25-,27?,32+/m1/s1. The van der Waals surface area contributed by atoms with E-state index in [0.29, 0.717) is 19.5 Å². The van der Waals surface area contributed by atoms with E-state index in [2.05, 4.69) is 21.3 Å². The highest BCUT2D eigenvalue weighted by molar-refractivity contribution is 5.87. The molecular weight excluding hydrogens is 546 g/mol. The van der Waals surface area contributed by atoms with Crippen molar-refractivity contribution in [1.82, 2.24) is 14.9 Å². The Morgan fingerprint density at radius 2 is 2.05 bits per heavy atom. The number of nitrogens with zero attached hydrogens (tertiary/aromatic N) is 3. The van der Waals surface area contributed by atoms with Crippen LogP contribution in [0.15, 0.2) is 59.4 Å². The molecule has 1 fully saturated rings. The maximum atomic E-state index is 14.4. The number of carbonyl (C=O) groups excluding carboxylic acids is 1. The number of ether oxygens (including phenoxy) is 1. The fraction of sp³-hybridized carbons (Fsp3) is 0.394. The topological polar surface area (TPSA) is 126 Å². The molecule has 4 aliphatic rings. The number of aromatic nitrogens is 2. The molecule has 1 aliphatic carbocycles. The number of anilines is 2. The van der Waals surface area contributed by atoms with Gasteiger partial charge in [-0.05, 0) is 91.6 Å². The van der Waals surface area contributed by atoms with Crippen molar-refractivity contribution in [3.05, 3.63) is 92.7 Å². The molecule has 1 saturated heterocycles. The SMILES string of the molecule is COc1ccc2[nH]c3c(c2c1)CCCC3NC(=O)[C@@H]1Cc2cc(N([O-])O)ccc2N2CC3CC(Cn4c3cccc4=O)[C@@H]12. The Morgan fingerprint density at radius 1 is 1.16 bits per heavy atom. The summed E-state index contributed by atoms with van der Waals surface area (Å²) in [5.74, 6) is 0.683. The second kappa shape index (κ2) is 9.89. The minimum absolute atomic E-state index is 0.00571. The number of aromatic amines is 1. The summed E-state index contributed by atoms with van der Waals surface area (Å²) in [6.45, 7) is 1.25. The van der Waals surface area contributed by atoms with Gasteiger partial charge in [0.05, 0.1) is 24.8 Å². The van der Waals surface area contributed by atoms with Gasteiger partial charge < -0.3 is 34.9 Å². The lowest BCUT2D eigenvalue weighted by molar-refractivity contribution is -0.127. The predicted octanol–water partition coefficient (Wildman–Crippen LogP) is 4.39. The van der Waals surface area contributed by atoms with Crippen molar-refractivity contribution < 1.29 is 14.7 Å². The van der Waals surface area contributed by atoms with Crippen molar-refractivity contribution in [2.75, 3.05) is 23.8 Å². The van der Waals surface area contributed by atoms with Crippen LogP contribution in [0.5, 0.6) is 5.75 Å². The molecule has 5 heterocycles. The van der Waals surface area contributed by atoms with Crippen molar-refractivity contribution >= 4 is 28.2 Å². The van der Waals surface area contributed by atoms with E-state index in [1.807, 2.05) is 34.9 Å². The molecule has 5 atom stereocenters. The zero-order valence-corrected chi connectivity index (χ0v) is 24.0. The maximum absolute atomic E-state index is 14.4. The first-order valence-electron chi connectivity index (χ1n) is 15.1. The van der Waals surface area contributed by atoms with Gasteiger partial charge in [-0.25, -0.2) is 0 Å². The third kappa shape index (κ3) is 4.15. The Balaban J connectivity index is 1.16. The van der Waals surface area contributed by atoms with Gasteiger partial charge in [-0.1, -0.05) is 6.07 Å². The summed E-state index contributed by atoms with van der Waals surface area (Å²) in [6, 6.07) is 16.5. The van der Waals surface area contributed by atoms with Crippen LogP contribution in [0.2, 0.25) is 0 Å². The number of hydrogen-bond donors (Lipinski definition) is 3. The fourth-order valence-electron chi connectivity index (χ4n) is 8.45. The normalized spacial score (nSPS) is 25.3. The van der Waals surface area contributed by atoms with Gasteiger partial charge in [0.15, 0.2) is 0 Å². The molecule has 43 heavy (non-hydrogen) atoms. The highest BCUT2D eigenvalue weighted by atomic mass is 16.8. The molecule has 10 nitrogen and oxygen atoms in total. The average molecular weight is 581 g/mol. The fourth-order valence-corrected chi connectivity index (χ4v) is 8.45. The van der Waals surface area contributed by atoms with Crippen LogP contribution < -0.4 is 25.7 Å². The third-order valence-electron chi connectivity index (χ3n) is 10.3. The molecule has 3 unspecified atom stereocenters. The van der Waals surface area contributed by atoms with Gasteiger partial charge in [0.2, 0.25) is 5.91 Å².